The summed E-state index contributed by atoms with van der Waals surface area (Å²) in [6.07, 6.45) is 5.05. The van der Waals surface area contributed by atoms with Gasteiger partial charge in [0.15, 0.2) is 0 Å². The maximum absolute atomic E-state index is 10.9. The van der Waals surface area contributed by atoms with Crippen molar-refractivity contribution < 1.29 is 14.4 Å². The molecule has 0 aromatic heterocycles. The summed E-state index contributed by atoms with van der Waals surface area (Å²) < 4.78 is 4.74. The van der Waals surface area contributed by atoms with Gasteiger partial charge in [-0.3, -0.25) is 14.7 Å². The van der Waals surface area contributed by atoms with Crippen LogP contribution in [0.5, 0.6) is 0 Å². The maximum Gasteiger partial charge on any atom is 0.328 e. The summed E-state index contributed by atoms with van der Waals surface area (Å²) >= 11 is 0. The van der Waals surface area contributed by atoms with Gasteiger partial charge in [0.25, 0.3) is 0 Å². The number of ether oxygens (including phenoxy) is 1. The SMILES string of the molecule is C=CCOC(=O)CN1C=CCO1. The molecule has 0 saturated heterocycles. The third-order valence-corrected chi connectivity index (χ3v) is 1.26. The minimum Gasteiger partial charge on any atom is -0.460 e. The molecule has 66 valence electrons. The second-order valence-electron chi connectivity index (χ2n) is 2.23. The first-order valence-corrected chi connectivity index (χ1v) is 3.65. The van der Waals surface area contributed by atoms with Crippen LogP contribution in [0.1, 0.15) is 0 Å². The van der Waals surface area contributed by atoms with Crippen LogP contribution in [0.15, 0.2) is 24.9 Å². The van der Waals surface area contributed by atoms with E-state index in [4.69, 9.17) is 9.57 Å². The number of nitrogens with zero attached hydrogens (tertiary/aromatic N) is 1. The van der Waals surface area contributed by atoms with E-state index in [9.17, 15) is 4.79 Å². The monoisotopic (exact) mass is 169 g/mol. The molecule has 0 fully saturated rings. The lowest BCUT2D eigenvalue weighted by atomic mass is 10.6. The molecular formula is C8H11NO3. The van der Waals surface area contributed by atoms with E-state index in [2.05, 4.69) is 6.58 Å². The fraction of sp³-hybridized carbons (Fsp3) is 0.375. The molecule has 0 N–H and O–H groups in total. The quantitative estimate of drug-likeness (QED) is 0.453. The Morgan fingerprint density at radius 3 is 3.25 bits per heavy atom. The van der Waals surface area contributed by atoms with Crippen molar-refractivity contribution in [2.45, 2.75) is 0 Å². The number of carbonyl (C=O) groups is 1. The van der Waals surface area contributed by atoms with Crippen LogP contribution >= 0.6 is 0 Å². The zero-order chi connectivity index (χ0) is 8.81. The molecule has 0 atom stereocenters. The molecule has 1 aliphatic rings. The van der Waals surface area contributed by atoms with Crippen LogP contribution in [0.2, 0.25) is 0 Å². The van der Waals surface area contributed by atoms with Gasteiger partial charge in [-0.2, -0.15) is 0 Å². The Hall–Kier alpha value is -1.29. The zero-order valence-corrected chi connectivity index (χ0v) is 6.73. The van der Waals surface area contributed by atoms with Crippen molar-refractivity contribution in [3.05, 3.63) is 24.9 Å². The van der Waals surface area contributed by atoms with E-state index in [1.807, 2.05) is 6.08 Å². The molecule has 1 rings (SSSR count). The van der Waals surface area contributed by atoms with Crippen molar-refractivity contribution in [1.82, 2.24) is 5.06 Å². The van der Waals surface area contributed by atoms with Crippen LogP contribution in [-0.4, -0.2) is 30.8 Å². The number of hydrogen-bond donors (Lipinski definition) is 0. The normalized spacial score (nSPS) is 14.8. The van der Waals surface area contributed by atoms with E-state index >= 15 is 0 Å². The fourth-order valence-corrected chi connectivity index (χ4v) is 0.766. The third kappa shape index (κ3) is 2.75. The van der Waals surface area contributed by atoms with Gasteiger partial charge in [-0.05, 0) is 6.08 Å². The van der Waals surface area contributed by atoms with Crippen molar-refractivity contribution in [2.24, 2.45) is 0 Å². The van der Waals surface area contributed by atoms with Crippen molar-refractivity contribution >= 4 is 5.97 Å². The van der Waals surface area contributed by atoms with E-state index in [1.54, 1.807) is 6.20 Å². The second-order valence-corrected chi connectivity index (χ2v) is 2.23. The predicted octanol–water partition coefficient (Wildman–Crippen LogP) is 0.477. The van der Waals surface area contributed by atoms with E-state index in [-0.39, 0.29) is 19.1 Å². The minimum atomic E-state index is -0.318. The fourth-order valence-electron chi connectivity index (χ4n) is 0.766. The number of hydrogen-bond acceptors (Lipinski definition) is 4. The molecule has 0 aromatic carbocycles. The smallest absolute Gasteiger partial charge is 0.328 e. The molecule has 0 aromatic rings. The summed E-state index contributed by atoms with van der Waals surface area (Å²) in [5, 5.41) is 1.44. The summed E-state index contributed by atoms with van der Waals surface area (Å²) in [6.45, 7) is 4.33. The first-order chi connectivity index (χ1) is 5.83. The number of hydroxylamine groups is 2. The summed E-state index contributed by atoms with van der Waals surface area (Å²) in [7, 11) is 0. The van der Waals surface area contributed by atoms with Crippen molar-refractivity contribution in [2.75, 3.05) is 19.8 Å². The molecule has 0 spiro atoms. The van der Waals surface area contributed by atoms with E-state index in [0.29, 0.717) is 6.61 Å². The Balaban J connectivity index is 2.16. The van der Waals surface area contributed by atoms with E-state index < -0.39 is 0 Å². The van der Waals surface area contributed by atoms with Gasteiger partial charge in [-0.25, -0.2) is 0 Å². The lowest BCUT2D eigenvalue weighted by Crippen LogP contribution is -2.24. The van der Waals surface area contributed by atoms with Crippen LogP contribution in [0.3, 0.4) is 0 Å². The summed E-state index contributed by atoms with van der Waals surface area (Å²) in [5.74, 6) is -0.318. The summed E-state index contributed by atoms with van der Waals surface area (Å²) in [4.78, 5) is 15.9. The van der Waals surface area contributed by atoms with Gasteiger partial charge in [0.2, 0.25) is 0 Å². The highest BCUT2D eigenvalue weighted by Gasteiger charge is 2.10. The van der Waals surface area contributed by atoms with Crippen LogP contribution in [-0.2, 0) is 14.4 Å². The predicted molar refractivity (Wildman–Crippen MR) is 43.0 cm³/mol. The topological polar surface area (TPSA) is 38.8 Å². The Labute approximate surface area is 71.0 Å². The molecular weight excluding hydrogens is 158 g/mol. The molecule has 0 bridgehead atoms. The molecule has 1 aliphatic heterocycles. The van der Waals surface area contributed by atoms with E-state index in [0.717, 1.165) is 0 Å². The molecule has 1 heterocycles. The summed E-state index contributed by atoms with van der Waals surface area (Å²) in [6, 6.07) is 0. The lowest BCUT2D eigenvalue weighted by Gasteiger charge is -2.12. The third-order valence-electron chi connectivity index (χ3n) is 1.26. The first kappa shape index (κ1) is 8.80. The largest absolute Gasteiger partial charge is 0.460 e. The summed E-state index contributed by atoms with van der Waals surface area (Å²) in [5.41, 5.74) is 0. The zero-order valence-electron chi connectivity index (χ0n) is 6.73. The van der Waals surface area contributed by atoms with Gasteiger partial charge in [0.05, 0.1) is 6.61 Å². The first-order valence-electron chi connectivity index (χ1n) is 3.65. The average Bonchev–Trinajstić information content (AvgIpc) is 2.53. The standard InChI is InChI=1S/C8H11NO3/c1-2-5-11-8(10)7-9-4-3-6-12-9/h2-4H,1,5-7H2. The highest BCUT2D eigenvalue weighted by molar-refractivity contribution is 5.71. The molecule has 12 heavy (non-hydrogen) atoms. The van der Waals surface area contributed by atoms with Crippen LogP contribution in [0.4, 0.5) is 0 Å². The number of esters is 1. The van der Waals surface area contributed by atoms with E-state index in [1.165, 1.54) is 11.1 Å². The lowest BCUT2D eigenvalue weighted by molar-refractivity contribution is -0.156. The second kappa shape index (κ2) is 4.56. The molecule has 0 radical (unpaired) electrons. The van der Waals surface area contributed by atoms with Gasteiger partial charge in [-0.1, -0.05) is 12.7 Å². The maximum atomic E-state index is 10.9. The average molecular weight is 169 g/mol. The van der Waals surface area contributed by atoms with Crippen LogP contribution in [0, 0.1) is 0 Å². The van der Waals surface area contributed by atoms with Crippen molar-refractivity contribution in [3.63, 3.8) is 0 Å². The Kier molecular flexibility index (Phi) is 3.35. The van der Waals surface area contributed by atoms with Gasteiger partial charge >= 0.3 is 5.97 Å². The molecule has 0 unspecified atom stereocenters. The van der Waals surface area contributed by atoms with Crippen LogP contribution < -0.4 is 0 Å². The van der Waals surface area contributed by atoms with Gasteiger partial charge in [0, 0.05) is 6.20 Å². The molecule has 4 nitrogen and oxygen atoms in total. The minimum absolute atomic E-state index is 0.129. The molecule has 0 amide bonds. The highest BCUT2D eigenvalue weighted by atomic mass is 16.7. The van der Waals surface area contributed by atoms with Gasteiger partial charge < -0.3 is 4.74 Å². The molecule has 4 heteroatoms. The molecule has 0 saturated carbocycles. The van der Waals surface area contributed by atoms with Crippen molar-refractivity contribution in [3.8, 4) is 0 Å². The van der Waals surface area contributed by atoms with Gasteiger partial charge in [-0.15, -0.1) is 0 Å². The van der Waals surface area contributed by atoms with Crippen molar-refractivity contribution in [1.29, 1.82) is 0 Å². The van der Waals surface area contributed by atoms with Gasteiger partial charge in [0.1, 0.15) is 13.2 Å². The number of carbonyl (C=O) groups excluding carboxylic acids is 1. The van der Waals surface area contributed by atoms with Crippen LogP contribution in [0.25, 0.3) is 0 Å². The highest BCUT2D eigenvalue weighted by Crippen LogP contribution is 2.00. The number of rotatable bonds is 4. The Bertz CT molecular complexity index is 200. The Morgan fingerprint density at radius 1 is 1.83 bits per heavy atom. The molecule has 0 aliphatic carbocycles. The Morgan fingerprint density at radius 2 is 2.67 bits per heavy atom.